The summed E-state index contributed by atoms with van der Waals surface area (Å²) >= 11 is 12.0. The first-order valence-corrected chi connectivity index (χ1v) is 6.66. The summed E-state index contributed by atoms with van der Waals surface area (Å²) in [6.45, 7) is 6.19. The van der Waals surface area contributed by atoms with Crippen molar-refractivity contribution in [2.75, 3.05) is 6.61 Å². The average Bonchev–Trinajstić information content (AvgIpc) is 2.33. The fourth-order valence-corrected chi connectivity index (χ4v) is 1.88. The molecule has 1 rings (SSSR count). The molecule has 0 aliphatic rings. The van der Waals surface area contributed by atoms with Gasteiger partial charge in [-0.2, -0.15) is 5.10 Å². The summed E-state index contributed by atoms with van der Waals surface area (Å²) in [5.74, 6) is 0.268. The molecule has 0 heterocycles. The van der Waals surface area contributed by atoms with Crippen molar-refractivity contribution in [1.29, 1.82) is 0 Å². The molecule has 0 saturated heterocycles. The van der Waals surface area contributed by atoms with E-state index < -0.39 is 0 Å². The van der Waals surface area contributed by atoms with Crippen LogP contribution in [0.3, 0.4) is 0 Å². The molecule has 0 aromatic heterocycles. The van der Waals surface area contributed by atoms with E-state index in [0.717, 1.165) is 0 Å². The van der Waals surface area contributed by atoms with E-state index >= 15 is 0 Å². The quantitative estimate of drug-likeness (QED) is 0.665. The molecule has 1 N–H and O–H groups in total. The molecular formula is C13H16Cl2N2O2. The van der Waals surface area contributed by atoms with Gasteiger partial charge in [-0.05, 0) is 25.0 Å². The Morgan fingerprint density at radius 2 is 2.00 bits per heavy atom. The highest BCUT2D eigenvalue weighted by atomic mass is 35.5. The van der Waals surface area contributed by atoms with Crippen LogP contribution in [-0.4, -0.2) is 18.7 Å². The Morgan fingerprint density at radius 3 is 2.47 bits per heavy atom. The predicted octanol–water partition coefficient (Wildman–Crippen LogP) is 3.76. The van der Waals surface area contributed by atoms with E-state index in [1.54, 1.807) is 6.21 Å². The SMILES string of the molecule is CCOc1c(Cl)cc(C(=O)N/N=C/C(C)C)cc1Cl. The highest BCUT2D eigenvalue weighted by molar-refractivity contribution is 6.37. The van der Waals surface area contributed by atoms with Crippen LogP contribution in [-0.2, 0) is 0 Å². The number of hydrogen-bond donors (Lipinski definition) is 1. The Bertz CT molecular complexity index is 465. The molecule has 104 valence electrons. The minimum atomic E-state index is -0.372. The van der Waals surface area contributed by atoms with Gasteiger partial charge in [0.1, 0.15) is 0 Å². The average molecular weight is 303 g/mol. The minimum absolute atomic E-state index is 0.257. The summed E-state index contributed by atoms with van der Waals surface area (Å²) in [4.78, 5) is 11.8. The maximum Gasteiger partial charge on any atom is 0.271 e. The van der Waals surface area contributed by atoms with Gasteiger partial charge in [-0.1, -0.05) is 37.0 Å². The topological polar surface area (TPSA) is 50.7 Å². The third-order valence-corrected chi connectivity index (χ3v) is 2.65. The van der Waals surface area contributed by atoms with Gasteiger partial charge in [0.2, 0.25) is 0 Å². The lowest BCUT2D eigenvalue weighted by Gasteiger charge is -2.09. The van der Waals surface area contributed by atoms with E-state index in [9.17, 15) is 4.79 Å². The first-order chi connectivity index (χ1) is 8.95. The summed E-state index contributed by atoms with van der Waals surface area (Å²) in [7, 11) is 0. The fourth-order valence-electron chi connectivity index (χ4n) is 1.28. The van der Waals surface area contributed by atoms with E-state index in [4.69, 9.17) is 27.9 Å². The Labute approximate surface area is 122 Å². The number of halogens is 2. The Morgan fingerprint density at radius 1 is 1.42 bits per heavy atom. The predicted molar refractivity (Wildman–Crippen MR) is 78.4 cm³/mol. The number of carbonyl (C=O) groups excluding carboxylic acids is 1. The number of nitrogens with zero attached hydrogens (tertiary/aromatic N) is 1. The zero-order valence-corrected chi connectivity index (χ0v) is 12.5. The summed E-state index contributed by atoms with van der Waals surface area (Å²) in [6.07, 6.45) is 1.63. The molecule has 0 spiro atoms. The van der Waals surface area contributed by atoms with E-state index in [2.05, 4.69) is 10.5 Å². The maximum absolute atomic E-state index is 11.8. The van der Waals surface area contributed by atoms with Gasteiger partial charge in [0, 0.05) is 11.8 Å². The van der Waals surface area contributed by atoms with Gasteiger partial charge >= 0.3 is 0 Å². The van der Waals surface area contributed by atoms with Gasteiger partial charge in [0.15, 0.2) is 5.75 Å². The van der Waals surface area contributed by atoms with Gasteiger partial charge in [-0.25, -0.2) is 5.43 Å². The van der Waals surface area contributed by atoms with Gasteiger partial charge in [-0.15, -0.1) is 0 Å². The fraction of sp³-hybridized carbons (Fsp3) is 0.385. The first-order valence-electron chi connectivity index (χ1n) is 5.91. The van der Waals surface area contributed by atoms with Crippen molar-refractivity contribution in [3.05, 3.63) is 27.7 Å². The molecule has 19 heavy (non-hydrogen) atoms. The molecule has 6 heteroatoms. The molecule has 1 aromatic carbocycles. The highest BCUT2D eigenvalue weighted by Crippen LogP contribution is 2.34. The van der Waals surface area contributed by atoms with Crippen molar-refractivity contribution in [3.63, 3.8) is 0 Å². The van der Waals surface area contributed by atoms with Crippen LogP contribution in [0.4, 0.5) is 0 Å². The van der Waals surface area contributed by atoms with Crippen molar-refractivity contribution in [2.45, 2.75) is 20.8 Å². The Balaban J connectivity index is 2.87. The lowest BCUT2D eigenvalue weighted by Crippen LogP contribution is -2.18. The second-order valence-electron chi connectivity index (χ2n) is 4.17. The van der Waals surface area contributed by atoms with E-state index in [0.29, 0.717) is 28.0 Å². The first kappa shape index (κ1) is 15.8. The number of amides is 1. The zero-order chi connectivity index (χ0) is 14.4. The molecule has 0 atom stereocenters. The molecule has 1 aromatic rings. The third-order valence-electron chi connectivity index (χ3n) is 2.09. The molecule has 0 aliphatic carbocycles. The molecule has 0 radical (unpaired) electrons. The van der Waals surface area contributed by atoms with Gasteiger partial charge in [0.05, 0.1) is 16.7 Å². The monoisotopic (exact) mass is 302 g/mol. The van der Waals surface area contributed by atoms with Crippen molar-refractivity contribution in [2.24, 2.45) is 11.0 Å². The van der Waals surface area contributed by atoms with Crippen LogP contribution in [0.5, 0.6) is 5.75 Å². The van der Waals surface area contributed by atoms with Crippen molar-refractivity contribution in [3.8, 4) is 5.75 Å². The molecule has 1 amide bonds. The number of nitrogens with one attached hydrogen (secondary N) is 1. The number of carbonyl (C=O) groups is 1. The third kappa shape index (κ3) is 4.73. The van der Waals surface area contributed by atoms with Crippen LogP contribution in [0.15, 0.2) is 17.2 Å². The van der Waals surface area contributed by atoms with Gasteiger partial charge in [0.25, 0.3) is 5.91 Å². The van der Waals surface area contributed by atoms with Crippen LogP contribution >= 0.6 is 23.2 Å². The van der Waals surface area contributed by atoms with Gasteiger partial charge in [-0.3, -0.25) is 4.79 Å². The molecule has 0 fully saturated rings. The molecule has 0 unspecified atom stereocenters. The molecule has 0 bridgehead atoms. The molecule has 0 saturated carbocycles. The number of benzene rings is 1. The maximum atomic E-state index is 11.8. The smallest absolute Gasteiger partial charge is 0.271 e. The van der Waals surface area contributed by atoms with Crippen molar-refractivity contribution < 1.29 is 9.53 Å². The van der Waals surface area contributed by atoms with Crippen LogP contribution in [0.2, 0.25) is 10.0 Å². The minimum Gasteiger partial charge on any atom is -0.491 e. The number of hydrazone groups is 1. The van der Waals surface area contributed by atoms with E-state index in [1.165, 1.54) is 12.1 Å². The second kappa shape index (κ2) is 7.36. The standard InChI is InChI=1S/C13H16Cl2N2O2/c1-4-19-12-10(14)5-9(6-11(12)15)13(18)17-16-7-8(2)3/h5-8H,4H2,1-3H3,(H,17,18)/b16-7+. The summed E-state index contributed by atoms with van der Waals surface area (Å²) in [5.41, 5.74) is 2.74. The molecular weight excluding hydrogens is 287 g/mol. The number of hydrogen-bond acceptors (Lipinski definition) is 3. The van der Waals surface area contributed by atoms with Crippen LogP contribution in [0, 0.1) is 5.92 Å². The normalized spacial score (nSPS) is 11.1. The van der Waals surface area contributed by atoms with Crippen LogP contribution < -0.4 is 10.2 Å². The van der Waals surface area contributed by atoms with Crippen molar-refractivity contribution >= 4 is 35.3 Å². The van der Waals surface area contributed by atoms with E-state index in [-0.39, 0.29) is 11.8 Å². The van der Waals surface area contributed by atoms with Gasteiger partial charge < -0.3 is 4.74 Å². The number of rotatable bonds is 5. The van der Waals surface area contributed by atoms with Crippen LogP contribution in [0.25, 0.3) is 0 Å². The summed E-state index contributed by atoms with van der Waals surface area (Å²) in [6, 6.07) is 3.00. The lowest BCUT2D eigenvalue weighted by molar-refractivity contribution is 0.0955. The molecule has 0 aliphatic heterocycles. The largest absolute Gasteiger partial charge is 0.491 e. The summed E-state index contributed by atoms with van der Waals surface area (Å²) < 4.78 is 5.29. The Kier molecular flexibility index (Phi) is 6.12. The van der Waals surface area contributed by atoms with E-state index in [1.807, 2.05) is 20.8 Å². The number of ether oxygens (including phenoxy) is 1. The lowest BCUT2D eigenvalue weighted by atomic mass is 10.2. The zero-order valence-electron chi connectivity index (χ0n) is 11.0. The second-order valence-corrected chi connectivity index (χ2v) is 4.98. The molecule has 4 nitrogen and oxygen atoms in total. The highest BCUT2D eigenvalue weighted by Gasteiger charge is 2.13. The summed E-state index contributed by atoms with van der Waals surface area (Å²) in [5, 5.41) is 4.42. The van der Waals surface area contributed by atoms with Crippen molar-refractivity contribution in [1.82, 2.24) is 5.43 Å². The Hall–Kier alpha value is -1.26. The van der Waals surface area contributed by atoms with Crippen LogP contribution in [0.1, 0.15) is 31.1 Å².